The molecule has 0 saturated heterocycles. The maximum Gasteiger partial charge on any atom is 0.0725 e. The van der Waals surface area contributed by atoms with Crippen molar-refractivity contribution in [2.24, 2.45) is 0 Å². The fourth-order valence-electron chi connectivity index (χ4n) is 13.5. The fraction of sp³-hybridized carbons (Fsp3) is 0.0811. The van der Waals surface area contributed by atoms with E-state index in [0.717, 1.165) is 24.2 Å². The van der Waals surface area contributed by atoms with Gasteiger partial charge in [-0.25, -0.2) is 0 Å². The minimum absolute atomic E-state index is 0.0927. The number of nitrogens with zero attached hydrogens (tertiary/aromatic N) is 1. The van der Waals surface area contributed by atoms with Crippen LogP contribution >= 0.6 is 0 Å². The van der Waals surface area contributed by atoms with Crippen molar-refractivity contribution in [3.63, 3.8) is 0 Å². The van der Waals surface area contributed by atoms with Crippen molar-refractivity contribution in [1.82, 2.24) is 0 Å². The predicted molar refractivity (Wildman–Crippen MR) is 316 cm³/mol. The largest absolute Gasteiger partial charge is 0.310 e. The normalized spacial score (nSPS) is 13.7. The smallest absolute Gasteiger partial charge is 0.0725 e. The summed E-state index contributed by atoms with van der Waals surface area (Å²) in [4.78, 5) is 2.38. The Morgan fingerprint density at radius 3 is 1.31 bits per heavy atom. The van der Waals surface area contributed by atoms with Gasteiger partial charge in [-0.15, -0.1) is 0 Å². The van der Waals surface area contributed by atoms with E-state index in [1.165, 1.54) is 117 Å². The molecule has 1 heteroatoms. The molecular formula is C74H55N. The molecule has 14 rings (SSSR count). The Labute approximate surface area is 441 Å². The molecule has 0 fully saturated rings. The van der Waals surface area contributed by atoms with E-state index in [4.69, 9.17) is 0 Å². The van der Waals surface area contributed by atoms with Crippen molar-refractivity contribution in [2.75, 3.05) is 4.90 Å². The molecule has 0 saturated carbocycles. The number of fused-ring (bicyclic) bond motifs is 13. The first-order valence-electron chi connectivity index (χ1n) is 26.7. The molecule has 0 amide bonds. The van der Waals surface area contributed by atoms with Gasteiger partial charge in [0.2, 0.25) is 0 Å². The van der Waals surface area contributed by atoms with E-state index >= 15 is 0 Å². The van der Waals surface area contributed by atoms with Crippen molar-refractivity contribution in [3.8, 4) is 66.8 Å². The van der Waals surface area contributed by atoms with Gasteiger partial charge in [0.25, 0.3) is 0 Å². The first-order chi connectivity index (χ1) is 37.1. The van der Waals surface area contributed by atoms with Crippen molar-refractivity contribution in [3.05, 3.63) is 305 Å². The molecule has 11 aromatic rings. The Kier molecular flexibility index (Phi) is 10.6. The van der Waals surface area contributed by atoms with Crippen LogP contribution in [0.1, 0.15) is 71.2 Å². The van der Waals surface area contributed by atoms with E-state index in [1.54, 1.807) is 0 Å². The van der Waals surface area contributed by atoms with Crippen molar-refractivity contribution in [1.29, 1.82) is 0 Å². The van der Waals surface area contributed by atoms with Gasteiger partial charge in [-0.05, 0) is 167 Å². The molecule has 3 aliphatic rings. The zero-order valence-corrected chi connectivity index (χ0v) is 42.3. The van der Waals surface area contributed by atoms with Gasteiger partial charge in [0.15, 0.2) is 0 Å². The molecule has 356 valence electrons. The highest BCUT2D eigenvalue weighted by atomic mass is 15.1. The molecule has 0 heterocycles. The van der Waals surface area contributed by atoms with Gasteiger partial charge in [-0.1, -0.05) is 244 Å². The van der Waals surface area contributed by atoms with Crippen molar-refractivity contribution < 1.29 is 0 Å². The van der Waals surface area contributed by atoms with E-state index < -0.39 is 5.41 Å². The molecule has 0 radical (unpaired) electrons. The number of hydrogen-bond acceptors (Lipinski definition) is 1. The summed E-state index contributed by atoms with van der Waals surface area (Å²) >= 11 is 0. The summed E-state index contributed by atoms with van der Waals surface area (Å²) in [5.74, 6) is 0. The number of hydrogen-bond donors (Lipinski definition) is 0. The van der Waals surface area contributed by atoms with Crippen LogP contribution in [0.3, 0.4) is 0 Å². The van der Waals surface area contributed by atoms with Crippen LogP contribution in [0.15, 0.2) is 261 Å². The molecule has 75 heavy (non-hydrogen) atoms. The minimum Gasteiger partial charge on any atom is -0.310 e. The topological polar surface area (TPSA) is 3.24 Å². The monoisotopic (exact) mass is 957 g/mol. The highest BCUT2D eigenvalue weighted by Gasteiger charge is 2.51. The molecule has 3 aliphatic carbocycles. The standard InChI is InChI=1S/C74H55N/c1-3-73(4-2)69-47-51(39-44-63(69)64-46-43-57(49-70(64)73)75(55-23-10-6-11-24-55)56-25-12-7-13-26-56)36-35-50-37-40-53(41-38-50)72-58(52-21-8-5-9-22-52)30-20-31-59(72)54-42-45-65-62-29-16-19-34-68(62)74(71(65)48-54)66-32-17-14-27-60(66)61-28-15-18-33-67(61)74/h5-49H,3-4H2,1-2H3/b36-35+. The van der Waals surface area contributed by atoms with Gasteiger partial charge in [-0.3, -0.25) is 0 Å². The molecule has 11 aromatic carbocycles. The Bertz CT molecular complexity index is 3910. The van der Waals surface area contributed by atoms with Crippen molar-refractivity contribution >= 4 is 29.2 Å². The zero-order valence-electron chi connectivity index (χ0n) is 42.3. The summed E-state index contributed by atoms with van der Waals surface area (Å²) in [5, 5.41) is 0. The third-order valence-corrected chi connectivity index (χ3v) is 17.0. The summed E-state index contributed by atoms with van der Waals surface area (Å²) in [6.45, 7) is 4.72. The second-order valence-electron chi connectivity index (χ2n) is 20.5. The van der Waals surface area contributed by atoms with E-state index in [9.17, 15) is 0 Å². The van der Waals surface area contributed by atoms with Gasteiger partial charge >= 0.3 is 0 Å². The Morgan fingerprint density at radius 1 is 0.293 bits per heavy atom. The highest BCUT2D eigenvalue weighted by molar-refractivity contribution is 5.99. The molecule has 0 bridgehead atoms. The number of para-hydroxylation sites is 2. The molecule has 0 N–H and O–H groups in total. The predicted octanol–water partition coefficient (Wildman–Crippen LogP) is 19.8. The molecule has 1 nitrogen and oxygen atoms in total. The van der Waals surface area contributed by atoms with Gasteiger partial charge in [0.05, 0.1) is 5.41 Å². The maximum atomic E-state index is 2.52. The SMILES string of the molecule is CCC1(CC)c2cc(/C=C/c3ccc(-c4c(-c5ccccc5)cccc4-c4ccc5c(c4)C4(c6ccccc6-c6ccccc64)c4ccccc4-5)cc3)ccc2-c2ccc(N(c3ccccc3)c3ccccc3)cc21. The Hall–Kier alpha value is -9.04. The summed E-state index contributed by atoms with van der Waals surface area (Å²) in [5.41, 5.74) is 28.9. The third-order valence-electron chi connectivity index (χ3n) is 17.0. The zero-order chi connectivity index (χ0) is 50.1. The average molecular weight is 958 g/mol. The lowest BCUT2D eigenvalue weighted by Gasteiger charge is -2.32. The summed E-state index contributed by atoms with van der Waals surface area (Å²) in [6.07, 6.45) is 6.62. The maximum absolute atomic E-state index is 2.52. The van der Waals surface area contributed by atoms with Crippen LogP contribution in [-0.4, -0.2) is 0 Å². The molecule has 0 unspecified atom stereocenters. The lowest BCUT2D eigenvalue weighted by atomic mass is 9.70. The lowest BCUT2D eigenvalue weighted by molar-refractivity contribution is 0.490. The highest BCUT2D eigenvalue weighted by Crippen LogP contribution is 2.63. The van der Waals surface area contributed by atoms with Crippen LogP contribution in [0.2, 0.25) is 0 Å². The number of benzene rings is 11. The van der Waals surface area contributed by atoms with Crippen LogP contribution in [0.4, 0.5) is 17.1 Å². The molecule has 0 aliphatic heterocycles. The van der Waals surface area contributed by atoms with Crippen LogP contribution in [0.5, 0.6) is 0 Å². The average Bonchev–Trinajstić information content (AvgIpc) is 4.12. The van der Waals surface area contributed by atoms with Gasteiger partial charge in [0.1, 0.15) is 0 Å². The van der Waals surface area contributed by atoms with E-state index in [2.05, 4.69) is 292 Å². The Morgan fingerprint density at radius 2 is 0.720 bits per heavy atom. The van der Waals surface area contributed by atoms with Crippen LogP contribution in [0.25, 0.3) is 78.9 Å². The van der Waals surface area contributed by atoms with Gasteiger partial charge in [0, 0.05) is 22.5 Å². The van der Waals surface area contributed by atoms with Crippen LogP contribution < -0.4 is 4.90 Å². The third kappa shape index (κ3) is 6.84. The van der Waals surface area contributed by atoms with Gasteiger partial charge in [-0.2, -0.15) is 0 Å². The molecule has 1 spiro atoms. The van der Waals surface area contributed by atoms with E-state index in [0.29, 0.717) is 0 Å². The first-order valence-corrected chi connectivity index (χ1v) is 26.7. The number of rotatable bonds is 10. The first kappa shape index (κ1) is 44.6. The van der Waals surface area contributed by atoms with Crippen molar-refractivity contribution in [2.45, 2.75) is 37.5 Å². The lowest BCUT2D eigenvalue weighted by Crippen LogP contribution is -2.25. The van der Waals surface area contributed by atoms with Crippen LogP contribution in [-0.2, 0) is 10.8 Å². The fourth-order valence-corrected chi connectivity index (χ4v) is 13.5. The van der Waals surface area contributed by atoms with E-state index in [1.807, 2.05) is 0 Å². The van der Waals surface area contributed by atoms with Gasteiger partial charge < -0.3 is 4.90 Å². The summed E-state index contributed by atoms with van der Waals surface area (Å²) in [6, 6.07) is 97.2. The molecular weight excluding hydrogens is 903 g/mol. The molecule has 0 aromatic heterocycles. The quantitative estimate of drug-likeness (QED) is 0.124. The second-order valence-corrected chi connectivity index (χ2v) is 20.5. The second kappa shape index (κ2) is 17.9. The van der Waals surface area contributed by atoms with E-state index in [-0.39, 0.29) is 5.41 Å². The number of anilines is 3. The summed E-state index contributed by atoms with van der Waals surface area (Å²) < 4.78 is 0. The molecule has 0 atom stereocenters. The Balaban J connectivity index is 0.828. The minimum atomic E-state index is -0.408. The van der Waals surface area contributed by atoms with Crippen LogP contribution in [0, 0.1) is 0 Å². The summed E-state index contributed by atoms with van der Waals surface area (Å²) in [7, 11) is 0.